The minimum atomic E-state index is -0.389. The van der Waals surface area contributed by atoms with Gasteiger partial charge in [-0.2, -0.15) is 0 Å². The minimum absolute atomic E-state index is 0.389. The molecule has 0 saturated heterocycles. The number of aromatic nitrogens is 6. The molecule has 8 aromatic rings. The van der Waals surface area contributed by atoms with Crippen LogP contribution >= 0.6 is 0 Å². The Bertz CT molecular complexity index is 2500. The Morgan fingerprint density at radius 1 is 0.531 bits per heavy atom. The van der Waals surface area contributed by atoms with E-state index >= 15 is 0 Å². The van der Waals surface area contributed by atoms with E-state index in [9.17, 15) is 0 Å². The third-order valence-electron chi connectivity index (χ3n) is 10.2. The SMILES string of the molecule is C/C=C\C1=C(C)C2(c3cc(-c4cc(-c5nc6ccccn6n5)cc(-c5nc6ccccn6n5)c4)ccc31)c1ccccc1-c1ccccc12. The van der Waals surface area contributed by atoms with Gasteiger partial charge in [-0.3, -0.25) is 0 Å². The van der Waals surface area contributed by atoms with Crippen LogP contribution in [0.15, 0.2) is 151 Å². The molecular formula is C43H30N6. The van der Waals surface area contributed by atoms with Gasteiger partial charge in [0.25, 0.3) is 0 Å². The van der Waals surface area contributed by atoms with Crippen LogP contribution in [0.25, 0.3) is 61.9 Å². The summed E-state index contributed by atoms with van der Waals surface area (Å²) in [6, 6.07) is 43.1. The summed E-state index contributed by atoms with van der Waals surface area (Å²) in [5.41, 5.74) is 15.7. The lowest BCUT2D eigenvalue weighted by Crippen LogP contribution is -2.26. The van der Waals surface area contributed by atoms with Gasteiger partial charge in [-0.15, -0.1) is 10.2 Å². The Kier molecular flexibility index (Phi) is 5.82. The van der Waals surface area contributed by atoms with Crippen LogP contribution in [0.4, 0.5) is 0 Å². The summed E-state index contributed by atoms with van der Waals surface area (Å²) < 4.78 is 3.63. The lowest BCUT2D eigenvalue weighted by molar-refractivity contribution is 0.767. The molecule has 1 spiro atoms. The second-order valence-corrected chi connectivity index (χ2v) is 12.8. The summed E-state index contributed by atoms with van der Waals surface area (Å²) in [5.74, 6) is 1.31. The molecule has 4 heterocycles. The number of nitrogens with zero attached hydrogens (tertiary/aromatic N) is 6. The second-order valence-electron chi connectivity index (χ2n) is 12.8. The third kappa shape index (κ3) is 3.88. The Balaban J connectivity index is 1.23. The summed E-state index contributed by atoms with van der Waals surface area (Å²) in [7, 11) is 0. The average Bonchev–Trinajstić information content (AvgIpc) is 3.91. The van der Waals surface area contributed by atoms with Crippen molar-refractivity contribution in [2.75, 3.05) is 0 Å². The van der Waals surface area contributed by atoms with Gasteiger partial charge in [-0.1, -0.05) is 84.9 Å². The predicted molar refractivity (Wildman–Crippen MR) is 195 cm³/mol. The van der Waals surface area contributed by atoms with Crippen molar-refractivity contribution in [1.29, 1.82) is 0 Å². The van der Waals surface area contributed by atoms with E-state index in [0.717, 1.165) is 33.5 Å². The summed E-state index contributed by atoms with van der Waals surface area (Å²) in [6.45, 7) is 4.42. The van der Waals surface area contributed by atoms with Gasteiger partial charge < -0.3 is 0 Å². The van der Waals surface area contributed by atoms with Gasteiger partial charge in [-0.25, -0.2) is 19.0 Å². The molecule has 0 amide bonds. The summed E-state index contributed by atoms with van der Waals surface area (Å²) in [5, 5.41) is 9.69. The van der Waals surface area contributed by atoms with Gasteiger partial charge in [-0.05, 0) is 118 Å². The average molecular weight is 631 g/mol. The normalized spacial score (nSPS) is 14.3. The van der Waals surface area contributed by atoms with E-state index in [1.54, 1.807) is 0 Å². The molecule has 0 radical (unpaired) electrons. The molecule has 0 N–H and O–H groups in total. The number of hydrogen-bond donors (Lipinski definition) is 0. The van der Waals surface area contributed by atoms with Crippen LogP contribution in [0.5, 0.6) is 0 Å². The second kappa shape index (κ2) is 10.3. The predicted octanol–water partition coefficient (Wildman–Crippen LogP) is 9.45. The smallest absolute Gasteiger partial charge is 0.182 e. The topological polar surface area (TPSA) is 60.4 Å². The molecule has 2 aliphatic carbocycles. The molecule has 2 aliphatic rings. The van der Waals surface area contributed by atoms with Crippen molar-refractivity contribution >= 4 is 16.9 Å². The molecular weight excluding hydrogens is 601 g/mol. The molecule has 6 nitrogen and oxygen atoms in total. The lowest BCUT2D eigenvalue weighted by atomic mass is 9.70. The van der Waals surface area contributed by atoms with Crippen LogP contribution in [0, 0.1) is 0 Å². The highest BCUT2D eigenvalue weighted by atomic mass is 15.3. The largest absolute Gasteiger partial charge is 0.221 e. The summed E-state index contributed by atoms with van der Waals surface area (Å²) >= 11 is 0. The van der Waals surface area contributed by atoms with Crippen LogP contribution in [-0.2, 0) is 5.41 Å². The van der Waals surface area contributed by atoms with Gasteiger partial charge in [0.05, 0.1) is 5.41 Å². The number of benzene rings is 4. The first-order valence-corrected chi connectivity index (χ1v) is 16.6. The quantitative estimate of drug-likeness (QED) is 0.194. The van der Waals surface area contributed by atoms with Crippen molar-refractivity contribution in [3.05, 3.63) is 174 Å². The molecule has 0 fully saturated rings. The van der Waals surface area contributed by atoms with Gasteiger partial charge in [0.15, 0.2) is 22.9 Å². The first-order valence-electron chi connectivity index (χ1n) is 16.6. The first kappa shape index (κ1) is 27.7. The zero-order chi connectivity index (χ0) is 32.7. The van der Waals surface area contributed by atoms with Crippen molar-refractivity contribution in [1.82, 2.24) is 29.2 Å². The molecule has 0 bridgehead atoms. The zero-order valence-electron chi connectivity index (χ0n) is 27.0. The maximum Gasteiger partial charge on any atom is 0.182 e. The van der Waals surface area contributed by atoms with E-state index in [1.807, 2.05) is 57.8 Å². The Morgan fingerprint density at radius 3 is 1.65 bits per heavy atom. The van der Waals surface area contributed by atoms with E-state index in [1.165, 1.54) is 44.5 Å². The molecule has 0 saturated carbocycles. The van der Waals surface area contributed by atoms with Gasteiger partial charge in [0.2, 0.25) is 0 Å². The Hall–Kier alpha value is -6.40. The molecule has 4 aromatic heterocycles. The van der Waals surface area contributed by atoms with E-state index < -0.39 is 0 Å². The van der Waals surface area contributed by atoms with E-state index in [-0.39, 0.29) is 5.41 Å². The highest BCUT2D eigenvalue weighted by molar-refractivity contribution is 5.97. The van der Waals surface area contributed by atoms with Crippen LogP contribution < -0.4 is 0 Å². The Morgan fingerprint density at radius 2 is 1.08 bits per heavy atom. The fourth-order valence-electron chi connectivity index (χ4n) is 8.15. The number of rotatable bonds is 4. The fraction of sp³-hybridized carbons (Fsp3) is 0.0698. The van der Waals surface area contributed by atoms with Crippen molar-refractivity contribution < 1.29 is 0 Å². The Labute approximate surface area is 283 Å². The highest BCUT2D eigenvalue weighted by Crippen LogP contribution is 2.62. The summed E-state index contributed by atoms with van der Waals surface area (Å²) in [6.07, 6.45) is 8.28. The minimum Gasteiger partial charge on any atom is -0.221 e. The first-order chi connectivity index (χ1) is 24.1. The zero-order valence-corrected chi connectivity index (χ0v) is 27.0. The standard InChI is InChI=1S/C43H30N6/c1-3-12-32-27(2)43(36-15-6-4-13-33(36)34-14-5-7-16-37(34)43)38-26-28(19-20-35(32)38)29-23-30(41-44-39-17-8-10-21-48(39)46-41)25-31(24-29)42-45-40-18-9-11-22-49(40)47-42/h3-26H,1-2H3/b12-3-. The molecule has 0 unspecified atom stereocenters. The van der Waals surface area contributed by atoms with Crippen molar-refractivity contribution in [2.45, 2.75) is 19.3 Å². The molecule has 49 heavy (non-hydrogen) atoms. The monoisotopic (exact) mass is 630 g/mol. The summed E-state index contributed by atoms with van der Waals surface area (Å²) in [4.78, 5) is 9.79. The fourth-order valence-corrected chi connectivity index (χ4v) is 8.15. The number of fused-ring (bicyclic) bond motifs is 9. The maximum atomic E-state index is 4.89. The van der Waals surface area contributed by atoms with Crippen molar-refractivity contribution in [3.63, 3.8) is 0 Å². The van der Waals surface area contributed by atoms with E-state index in [2.05, 4.69) is 111 Å². The van der Waals surface area contributed by atoms with Crippen molar-refractivity contribution in [2.24, 2.45) is 0 Å². The van der Waals surface area contributed by atoms with Crippen LogP contribution in [0.2, 0.25) is 0 Å². The highest BCUT2D eigenvalue weighted by Gasteiger charge is 2.51. The lowest BCUT2D eigenvalue weighted by Gasteiger charge is -2.31. The molecule has 6 heteroatoms. The van der Waals surface area contributed by atoms with Gasteiger partial charge >= 0.3 is 0 Å². The molecule has 4 aromatic carbocycles. The van der Waals surface area contributed by atoms with E-state index in [4.69, 9.17) is 20.2 Å². The molecule has 10 rings (SSSR count). The molecule has 0 aliphatic heterocycles. The number of pyridine rings is 2. The number of hydrogen-bond acceptors (Lipinski definition) is 4. The van der Waals surface area contributed by atoms with Gasteiger partial charge in [0, 0.05) is 23.5 Å². The van der Waals surface area contributed by atoms with Crippen LogP contribution in [-0.4, -0.2) is 29.2 Å². The third-order valence-corrected chi connectivity index (χ3v) is 10.2. The molecule has 0 atom stereocenters. The van der Waals surface area contributed by atoms with Gasteiger partial charge in [0.1, 0.15) is 0 Å². The molecule has 232 valence electrons. The van der Waals surface area contributed by atoms with Crippen molar-refractivity contribution in [3.8, 4) is 45.0 Å². The van der Waals surface area contributed by atoms with Crippen LogP contribution in [0.3, 0.4) is 0 Å². The maximum absolute atomic E-state index is 4.89. The van der Waals surface area contributed by atoms with E-state index in [0.29, 0.717) is 11.6 Å². The van der Waals surface area contributed by atoms with Crippen LogP contribution in [0.1, 0.15) is 36.1 Å². The number of allylic oxidation sites excluding steroid dienone is 4.